The van der Waals surface area contributed by atoms with Crippen LogP contribution in [0.3, 0.4) is 0 Å². The number of hydrogen-bond acceptors (Lipinski definition) is 2. The second-order valence-electron chi connectivity index (χ2n) is 3.08. The van der Waals surface area contributed by atoms with Gasteiger partial charge in [0.1, 0.15) is 6.17 Å². The van der Waals surface area contributed by atoms with Crippen molar-refractivity contribution < 1.29 is 9.50 Å². The van der Waals surface area contributed by atoms with E-state index in [4.69, 9.17) is 5.11 Å². The fourth-order valence-corrected chi connectivity index (χ4v) is 1.53. The van der Waals surface area contributed by atoms with Gasteiger partial charge >= 0.3 is 0 Å². The summed E-state index contributed by atoms with van der Waals surface area (Å²) in [7, 11) is 1.84. The number of rotatable bonds is 1. The number of likely N-dealkylation sites (N-methyl/N-ethyl adjacent to an activating group) is 1. The molecule has 0 aromatic carbocycles. The lowest BCUT2D eigenvalue weighted by atomic mass is 10.1. The zero-order valence-corrected chi connectivity index (χ0v) is 8.42. The van der Waals surface area contributed by atoms with Crippen LogP contribution in [0.1, 0.15) is 27.2 Å². The van der Waals surface area contributed by atoms with Crippen molar-refractivity contribution in [2.75, 3.05) is 13.6 Å². The molecule has 0 bridgehead atoms. The minimum atomic E-state index is -0.746. The lowest BCUT2D eigenvalue weighted by Gasteiger charge is -2.20. The van der Waals surface area contributed by atoms with Crippen molar-refractivity contribution >= 4 is 0 Å². The van der Waals surface area contributed by atoms with Crippen LogP contribution in [0.15, 0.2) is 0 Å². The molecule has 1 N–H and O–H groups in total. The van der Waals surface area contributed by atoms with Crippen molar-refractivity contribution in [2.24, 2.45) is 0 Å². The molecule has 1 aliphatic heterocycles. The lowest BCUT2D eigenvalue weighted by molar-refractivity contribution is 0.101. The first kappa shape index (κ1) is 11.8. The number of nitrogens with zero attached hydrogens (tertiary/aromatic N) is 1. The molecular weight excluding hydrogens is 157 g/mol. The molecule has 0 aromatic rings. The van der Waals surface area contributed by atoms with E-state index in [0.717, 1.165) is 0 Å². The molecule has 3 heteroatoms. The Labute approximate surface area is 74.4 Å². The summed E-state index contributed by atoms with van der Waals surface area (Å²) in [5, 5.41) is 9.13. The highest BCUT2D eigenvalue weighted by Crippen LogP contribution is 2.20. The van der Waals surface area contributed by atoms with E-state index in [0.29, 0.717) is 13.0 Å². The molecular formula is C9H20FNO. The molecule has 1 aliphatic rings. The molecule has 0 aliphatic carbocycles. The first-order chi connectivity index (χ1) is 5.61. The summed E-state index contributed by atoms with van der Waals surface area (Å²) >= 11 is 0. The van der Waals surface area contributed by atoms with Gasteiger partial charge < -0.3 is 5.11 Å². The van der Waals surface area contributed by atoms with Gasteiger partial charge in [0.15, 0.2) is 0 Å². The van der Waals surface area contributed by atoms with Crippen LogP contribution >= 0.6 is 0 Å². The quantitative estimate of drug-likeness (QED) is 0.655. The van der Waals surface area contributed by atoms with Crippen LogP contribution in [-0.4, -0.2) is 41.9 Å². The smallest absolute Gasteiger partial charge is 0.114 e. The highest BCUT2D eigenvalue weighted by molar-refractivity contribution is 4.86. The fourth-order valence-electron chi connectivity index (χ4n) is 1.53. The summed E-state index contributed by atoms with van der Waals surface area (Å²) in [6, 6.07) is 0.0231. The van der Waals surface area contributed by atoms with E-state index in [1.54, 1.807) is 6.92 Å². The Hall–Kier alpha value is -0.150. The third-order valence-corrected chi connectivity index (χ3v) is 2.11. The van der Waals surface area contributed by atoms with Crippen molar-refractivity contribution in [3.63, 3.8) is 0 Å². The van der Waals surface area contributed by atoms with Crippen LogP contribution < -0.4 is 0 Å². The molecule has 0 radical (unpaired) electrons. The molecule has 0 spiro atoms. The molecule has 0 aromatic heterocycles. The highest BCUT2D eigenvalue weighted by atomic mass is 19.1. The predicted octanol–water partition coefficient (Wildman–Crippen LogP) is 1.44. The second-order valence-corrected chi connectivity index (χ2v) is 3.08. The summed E-state index contributed by atoms with van der Waals surface area (Å²) in [4.78, 5) is 1.87. The number of alkyl halides is 1. The molecule has 0 unspecified atom stereocenters. The third-order valence-electron chi connectivity index (χ3n) is 2.11. The van der Waals surface area contributed by atoms with Gasteiger partial charge in [0.05, 0.1) is 6.10 Å². The van der Waals surface area contributed by atoms with Gasteiger partial charge in [-0.2, -0.15) is 0 Å². The van der Waals surface area contributed by atoms with Crippen LogP contribution in [0.25, 0.3) is 0 Å². The van der Waals surface area contributed by atoms with E-state index in [2.05, 4.69) is 0 Å². The summed E-state index contributed by atoms with van der Waals surface area (Å²) in [6.45, 7) is 6.18. The minimum Gasteiger partial charge on any atom is -0.392 e. The minimum absolute atomic E-state index is 0.0231. The zero-order chi connectivity index (χ0) is 9.72. The number of aliphatic hydroxyl groups is 1. The fraction of sp³-hybridized carbons (Fsp3) is 1.00. The SMILES string of the molecule is CC.C[C@H](O)[C@@H]1C[C@@H](F)CN1C. The second kappa shape index (κ2) is 5.49. The average Bonchev–Trinajstić information content (AvgIpc) is 2.34. The van der Waals surface area contributed by atoms with Gasteiger partial charge in [0.2, 0.25) is 0 Å². The van der Waals surface area contributed by atoms with Crippen molar-refractivity contribution in [1.82, 2.24) is 4.90 Å². The molecule has 12 heavy (non-hydrogen) atoms. The molecule has 3 atom stereocenters. The summed E-state index contributed by atoms with van der Waals surface area (Å²) in [5.74, 6) is 0. The maximum absolute atomic E-state index is 12.6. The summed E-state index contributed by atoms with van der Waals surface area (Å²) in [5.41, 5.74) is 0. The molecule has 0 amide bonds. The van der Waals surface area contributed by atoms with Crippen LogP contribution in [0.4, 0.5) is 4.39 Å². The Kier molecular flexibility index (Phi) is 5.42. The Morgan fingerprint density at radius 3 is 2.17 bits per heavy atom. The van der Waals surface area contributed by atoms with E-state index in [9.17, 15) is 4.39 Å². The van der Waals surface area contributed by atoms with E-state index in [1.807, 2.05) is 25.8 Å². The Balaban J connectivity index is 0.000000561. The highest BCUT2D eigenvalue weighted by Gasteiger charge is 2.31. The van der Waals surface area contributed by atoms with Crippen LogP contribution in [0, 0.1) is 0 Å². The van der Waals surface area contributed by atoms with Gasteiger partial charge in [0, 0.05) is 12.6 Å². The molecule has 2 nitrogen and oxygen atoms in total. The maximum Gasteiger partial charge on any atom is 0.114 e. The van der Waals surface area contributed by atoms with Crippen molar-refractivity contribution in [3.05, 3.63) is 0 Å². The number of likely N-dealkylation sites (tertiary alicyclic amines) is 1. The molecule has 1 fully saturated rings. The van der Waals surface area contributed by atoms with Crippen molar-refractivity contribution in [3.8, 4) is 0 Å². The van der Waals surface area contributed by atoms with Crippen LogP contribution in [-0.2, 0) is 0 Å². The topological polar surface area (TPSA) is 23.5 Å². The van der Waals surface area contributed by atoms with E-state index in [-0.39, 0.29) is 6.04 Å². The van der Waals surface area contributed by atoms with E-state index < -0.39 is 12.3 Å². The number of hydrogen-bond donors (Lipinski definition) is 1. The van der Waals surface area contributed by atoms with Gasteiger partial charge in [-0.1, -0.05) is 13.8 Å². The standard InChI is InChI=1S/C7H14FNO.C2H6/c1-5(10)7-3-6(8)4-9(7)2;1-2/h5-7,10H,3-4H2,1-2H3;1-2H3/t5-,6+,7-;/m0./s1. The molecule has 0 saturated carbocycles. The first-order valence-electron chi connectivity index (χ1n) is 4.63. The van der Waals surface area contributed by atoms with Gasteiger partial charge in [-0.05, 0) is 20.4 Å². The zero-order valence-electron chi connectivity index (χ0n) is 8.42. The summed E-state index contributed by atoms with van der Waals surface area (Å²) < 4.78 is 12.6. The molecule has 1 heterocycles. The van der Waals surface area contributed by atoms with E-state index >= 15 is 0 Å². The predicted molar refractivity (Wildman–Crippen MR) is 49.0 cm³/mol. The van der Waals surface area contributed by atoms with Crippen LogP contribution in [0.2, 0.25) is 0 Å². The van der Waals surface area contributed by atoms with Gasteiger partial charge in [-0.25, -0.2) is 4.39 Å². The molecule has 74 valence electrons. The normalized spacial score (nSPS) is 32.5. The first-order valence-corrected chi connectivity index (χ1v) is 4.63. The number of halogens is 1. The Morgan fingerprint density at radius 1 is 1.50 bits per heavy atom. The van der Waals surface area contributed by atoms with Crippen molar-refractivity contribution in [1.29, 1.82) is 0 Å². The largest absolute Gasteiger partial charge is 0.392 e. The monoisotopic (exact) mass is 177 g/mol. The van der Waals surface area contributed by atoms with Gasteiger partial charge in [-0.15, -0.1) is 0 Å². The average molecular weight is 177 g/mol. The summed E-state index contributed by atoms with van der Waals surface area (Å²) in [6.07, 6.45) is -0.677. The van der Waals surface area contributed by atoms with E-state index in [1.165, 1.54) is 0 Å². The van der Waals surface area contributed by atoms with Crippen LogP contribution in [0.5, 0.6) is 0 Å². The Bertz CT molecular complexity index is 119. The third kappa shape index (κ3) is 3.07. The van der Waals surface area contributed by atoms with Gasteiger partial charge in [0.25, 0.3) is 0 Å². The molecule has 1 rings (SSSR count). The van der Waals surface area contributed by atoms with Crippen molar-refractivity contribution in [2.45, 2.75) is 45.5 Å². The van der Waals surface area contributed by atoms with Gasteiger partial charge in [-0.3, -0.25) is 4.90 Å². The lowest BCUT2D eigenvalue weighted by Crippen LogP contribution is -2.34. The maximum atomic E-state index is 12.6. The molecule has 1 saturated heterocycles. The Morgan fingerprint density at radius 2 is 2.00 bits per heavy atom. The number of aliphatic hydroxyl groups excluding tert-OH is 1.